The highest BCUT2D eigenvalue weighted by Crippen LogP contribution is 2.23. The summed E-state index contributed by atoms with van der Waals surface area (Å²) in [5.41, 5.74) is 0.734. The molecule has 2 heterocycles. The van der Waals surface area contributed by atoms with Crippen molar-refractivity contribution in [1.29, 1.82) is 0 Å². The minimum Gasteiger partial charge on any atom is -0.497 e. The Balaban J connectivity index is 1.43. The molecule has 1 aliphatic heterocycles. The predicted octanol–water partition coefficient (Wildman–Crippen LogP) is 2.97. The highest BCUT2D eigenvalue weighted by atomic mass is 32.1. The number of benzene rings is 1. The Kier molecular flexibility index (Phi) is 6.41. The smallest absolute Gasteiger partial charge is 0.234 e. The lowest BCUT2D eigenvalue weighted by Gasteiger charge is -2.30. The van der Waals surface area contributed by atoms with Crippen molar-refractivity contribution in [2.24, 2.45) is 5.92 Å². The number of hydrogen-bond donors (Lipinski definition) is 1. The van der Waals surface area contributed by atoms with Gasteiger partial charge in [0.25, 0.3) is 0 Å². The molecule has 1 amide bonds. The zero-order valence-corrected chi connectivity index (χ0v) is 15.8. The average molecular weight is 372 g/mol. The van der Waals surface area contributed by atoms with Crippen molar-refractivity contribution < 1.29 is 14.3 Å². The summed E-state index contributed by atoms with van der Waals surface area (Å²) in [5, 5.41) is 4.96. The topological polar surface area (TPSA) is 58.6 Å². The number of piperidine rings is 1. The largest absolute Gasteiger partial charge is 0.497 e. The fraction of sp³-hybridized carbons (Fsp3) is 0.400. The van der Waals surface area contributed by atoms with Crippen LogP contribution >= 0.6 is 11.3 Å². The number of carbonyl (C=O) groups excluding carboxylic acids is 2. The summed E-state index contributed by atoms with van der Waals surface area (Å²) in [6.07, 6.45) is 1.59. The van der Waals surface area contributed by atoms with Gasteiger partial charge in [0.2, 0.25) is 5.91 Å². The molecule has 0 bridgehead atoms. The molecule has 0 saturated carbocycles. The van der Waals surface area contributed by atoms with Crippen molar-refractivity contribution >= 4 is 23.0 Å². The third kappa shape index (κ3) is 4.93. The molecule has 6 heteroatoms. The molecule has 138 valence electrons. The lowest BCUT2D eigenvalue weighted by Crippen LogP contribution is -2.42. The van der Waals surface area contributed by atoms with E-state index in [4.69, 9.17) is 4.74 Å². The van der Waals surface area contributed by atoms with Gasteiger partial charge in [-0.25, -0.2) is 0 Å². The van der Waals surface area contributed by atoms with Gasteiger partial charge in [0.15, 0.2) is 5.78 Å². The van der Waals surface area contributed by atoms with Crippen LogP contribution in [-0.2, 0) is 11.3 Å². The maximum absolute atomic E-state index is 12.6. The molecule has 0 unspecified atom stereocenters. The number of hydrogen-bond acceptors (Lipinski definition) is 5. The summed E-state index contributed by atoms with van der Waals surface area (Å²) in [6.45, 7) is 2.54. The maximum atomic E-state index is 12.6. The highest BCUT2D eigenvalue weighted by molar-refractivity contribution is 7.09. The van der Waals surface area contributed by atoms with E-state index in [0.29, 0.717) is 13.1 Å². The molecular weight excluding hydrogens is 348 g/mol. The van der Waals surface area contributed by atoms with Gasteiger partial charge in [-0.05, 0) is 61.6 Å². The Morgan fingerprint density at radius 1 is 1.19 bits per heavy atom. The third-order valence-corrected chi connectivity index (χ3v) is 5.62. The van der Waals surface area contributed by atoms with Crippen LogP contribution in [0, 0.1) is 5.92 Å². The molecule has 0 aliphatic carbocycles. The number of nitrogens with zero attached hydrogens (tertiary/aromatic N) is 1. The van der Waals surface area contributed by atoms with Crippen LogP contribution < -0.4 is 10.1 Å². The van der Waals surface area contributed by atoms with Gasteiger partial charge >= 0.3 is 0 Å². The number of Topliss-reactive ketones (excluding diaryl/α,β-unsaturated/α-hetero) is 1. The van der Waals surface area contributed by atoms with Crippen LogP contribution in [-0.4, -0.2) is 43.3 Å². The molecule has 1 aliphatic rings. The standard InChI is InChI=1S/C20H24N2O3S/c1-25-17-6-4-15(5-7-17)20(24)16-8-10-22(11-9-16)14-19(23)21-13-18-3-2-12-26-18/h2-7,12,16H,8-11,13-14H2,1H3,(H,21,23). The van der Waals surface area contributed by atoms with E-state index in [-0.39, 0.29) is 17.6 Å². The Bertz CT molecular complexity index is 720. The number of nitrogens with one attached hydrogen (secondary N) is 1. The molecule has 1 fully saturated rings. The predicted molar refractivity (Wildman–Crippen MR) is 103 cm³/mol. The molecular formula is C20H24N2O3S. The zero-order chi connectivity index (χ0) is 18.4. The van der Waals surface area contributed by atoms with Gasteiger partial charge in [0.05, 0.1) is 20.2 Å². The SMILES string of the molecule is COc1ccc(C(=O)C2CCN(CC(=O)NCc3cccs3)CC2)cc1. The van der Waals surface area contributed by atoms with E-state index < -0.39 is 0 Å². The summed E-state index contributed by atoms with van der Waals surface area (Å²) >= 11 is 1.64. The van der Waals surface area contributed by atoms with Crippen LogP contribution in [0.4, 0.5) is 0 Å². The molecule has 26 heavy (non-hydrogen) atoms. The number of methoxy groups -OCH3 is 1. The first-order valence-corrected chi connectivity index (χ1v) is 9.73. The Morgan fingerprint density at radius 3 is 2.54 bits per heavy atom. The van der Waals surface area contributed by atoms with E-state index >= 15 is 0 Å². The van der Waals surface area contributed by atoms with Crippen molar-refractivity contribution in [3.63, 3.8) is 0 Å². The van der Waals surface area contributed by atoms with Crippen molar-refractivity contribution in [1.82, 2.24) is 10.2 Å². The number of thiophene rings is 1. The quantitative estimate of drug-likeness (QED) is 0.759. The number of ketones is 1. The third-order valence-electron chi connectivity index (χ3n) is 4.74. The van der Waals surface area contributed by atoms with E-state index in [1.165, 1.54) is 0 Å². The summed E-state index contributed by atoms with van der Waals surface area (Å²) in [5.74, 6) is 1.02. The Hall–Kier alpha value is -2.18. The highest BCUT2D eigenvalue weighted by Gasteiger charge is 2.26. The minimum absolute atomic E-state index is 0.0359. The van der Waals surface area contributed by atoms with E-state index in [1.54, 1.807) is 18.4 Å². The van der Waals surface area contributed by atoms with E-state index in [2.05, 4.69) is 10.2 Å². The second-order valence-electron chi connectivity index (χ2n) is 6.50. The van der Waals surface area contributed by atoms with Crippen LogP contribution in [0.2, 0.25) is 0 Å². The van der Waals surface area contributed by atoms with E-state index in [1.807, 2.05) is 41.8 Å². The first-order chi connectivity index (χ1) is 12.7. The van der Waals surface area contributed by atoms with Crippen molar-refractivity contribution in [2.75, 3.05) is 26.7 Å². The lowest BCUT2D eigenvalue weighted by atomic mass is 9.89. The normalized spacial score (nSPS) is 15.6. The Labute approximate surface area is 158 Å². The summed E-state index contributed by atoms with van der Waals surface area (Å²) in [7, 11) is 1.61. The van der Waals surface area contributed by atoms with Gasteiger partial charge in [-0.1, -0.05) is 6.07 Å². The number of ether oxygens (including phenoxy) is 1. The summed E-state index contributed by atoms with van der Waals surface area (Å²) < 4.78 is 5.13. The van der Waals surface area contributed by atoms with Crippen LogP contribution in [0.3, 0.4) is 0 Å². The van der Waals surface area contributed by atoms with Gasteiger partial charge in [-0.3, -0.25) is 14.5 Å². The van der Waals surface area contributed by atoms with Crippen molar-refractivity contribution in [3.05, 3.63) is 52.2 Å². The van der Waals surface area contributed by atoms with Crippen LogP contribution in [0.5, 0.6) is 5.75 Å². The molecule has 1 saturated heterocycles. The molecule has 2 aromatic rings. The van der Waals surface area contributed by atoms with Crippen LogP contribution in [0.15, 0.2) is 41.8 Å². The van der Waals surface area contributed by atoms with Crippen molar-refractivity contribution in [2.45, 2.75) is 19.4 Å². The van der Waals surface area contributed by atoms with Crippen LogP contribution in [0.1, 0.15) is 28.1 Å². The first kappa shape index (κ1) is 18.6. The molecule has 0 atom stereocenters. The summed E-state index contributed by atoms with van der Waals surface area (Å²) in [4.78, 5) is 28.0. The maximum Gasteiger partial charge on any atom is 0.234 e. The van der Waals surface area contributed by atoms with E-state index in [0.717, 1.165) is 42.1 Å². The number of amides is 1. The molecule has 5 nitrogen and oxygen atoms in total. The van der Waals surface area contributed by atoms with Gasteiger partial charge < -0.3 is 10.1 Å². The molecule has 0 spiro atoms. The van der Waals surface area contributed by atoms with E-state index in [9.17, 15) is 9.59 Å². The number of likely N-dealkylation sites (tertiary alicyclic amines) is 1. The number of rotatable bonds is 7. The monoisotopic (exact) mass is 372 g/mol. The Morgan fingerprint density at radius 2 is 1.92 bits per heavy atom. The minimum atomic E-state index is 0.0359. The lowest BCUT2D eigenvalue weighted by molar-refractivity contribution is -0.122. The molecule has 0 radical (unpaired) electrons. The molecule has 3 rings (SSSR count). The average Bonchev–Trinajstić information content (AvgIpc) is 3.20. The fourth-order valence-electron chi connectivity index (χ4n) is 3.20. The second kappa shape index (κ2) is 8.96. The van der Waals surface area contributed by atoms with Crippen LogP contribution in [0.25, 0.3) is 0 Å². The molecule has 1 aromatic heterocycles. The van der Waals surface area contributed by atoms with Gasteiger partial charge in [0.1, 0.15) is 5.75 Å². The zero-order valence-electron chi connectivity index (χ0n) is 14.9. The number of carbonyl (C=O) groups is 2. The second-order valence-corrected chi connectivity index (χ2v) is 7.53. The summed E-state index contributed by atoms with van der Waals surface area (Å²) in [6, 6.07) is 11.3. The van der Waals surface area contributed by atoms with Gasteiger partial charge in [0, 0.05) is 16.4 Å². The first-order valence-electron chi connectivity index (χ1n) is 8.85. The van der Waals surface area contributed by atoms with Gasteiger partial charge in [-0.15, -0.1) is 11.3 Å². The van der Waals surface area contributed by atoms with Gasteiger partial charge in [-0.2, -0.15) is 0 Å². The molecule has 1 N–H and O–H groups in total. The van der Waals surface area contributed by atoms with Crippen molar-refractivity contribution in [3.8, 4) is 5.75 Å². The molecule has 1 aromatic carbocycles. The fourth-order valence-corrected chi connectivity index (χ4v) is 3.85.